The van der Waals surface area contributed by atoms with Crippen molar-refractivity contribution in [2.24, 2.45) is 4.99 Å². The van der Waals surface area contributed by atoms with Crippen LogP contribution in [0.15, 0.2) is 65.7 Å². The standard InChI is InChI=1S/C40H53NO2/c1-3-5-7-9-11-12-13-14-16-18-40(42)33-21-25-38-34(28-33)29-35-30-36(22-26-39(35)38)41-31-32-19-23-37(24-20-32)43-27-17-15-10-8-6-4-2/h19-26,28,30-31H,3-18,27,29H2,1-2H3. The van der Waals surface area contributed by atoms with E-state index in [1.54, 1.807) is 0 Å². The third-order valence-corrected chi connectivity index (χ3v) is 8.70. The minimum absolute atomic E-state index is 0.283. The molecule has 0 aromatic heterocycles. The highest BCUT2D eigenvalue weighted by molar-refractivity contribution is 5.97. The van der Waals surface area contributed by atoms with Gasteiger partial charge in [-0.25, -0.2) is 0 Å². The first kappa shape index (κ1) is 32.7. The number of benzene rings is 3. The number of ketones is 1. The van der Waals surface area contributed by atoms with E-state index in [2.05, 4.69) is 56.3 Å². The molecule has 0 fully saturated rings. The summed E-state index contributed by atoms with van der Waals surface area (Å²) in [7, 11) is 0. The normalized spacial score (nSPS) is 12.0. The van der Waals surface area contributed by atoms with Crippen LogP contribution in [0.2, 0.25) is 0 Å². The molecule has 4 rings (SSSR count). The van der Waals surface area contributed by atoms with Crippen LogP contribution in [0.5, 0.6) is 5.75 Å². The highest BCUT2D eigenvalue weighted by Crippen LogP contribution is 2.39. The first-order valence-electron chi connectivity index (χ1n) is 17.2. The van der Waals surface area contributed by atoms with Gasteiger partial charge in [0, 0.05) is 18.2 Å². The van der Waals surface area contributed by atoms with Crippen LogP contribution >= 0.6 is 0 Å². The molecule has 3 nitrogen and oxygen atoms in total. The lowest BCUT2D eigenvalue weighted by Crippen LogP contribution is -2.00. The monoisotopic (exact) mass is 579 g/mol. The second kappa shape index (κ2) is 18.5. The fourth-order valence-electron chi connectivity index (χ4n) is 6.06. The van der Waals surface area contributed by atoms with Gasteiger partial charge in [0.15, 0.2) is 5.78 Å². The molecule has 0 aliphatic heterocycles. The first-order valence-corrected chi connectivity index (χ1v) is 17.2. The summed E-state index contributed by atoms with van der Waals surface area (Å²) in [6.45, 7) is 5.30. The molecule has 0 bridgehead atoms. The first-order chi connectivity index (χ1) is 21.2. The number of hydrogen-bond donors (Lipinski definition) is 0. The molecule has 0 unspecified atom stereocenters. The maximum atomic E-state index is 12.9. The molecule has 0 amide bonds. The van der Waals surface area contributed by atoms with Crippen molar-refractivity contribution < 1.29 is 9.53 Å². The Labute approximate surface area is 261 Å². The Morgan fingerprint density at radius 3 is 1.93 bits per heavy atom. The third-order valence-electron chi connectivity index (χ3n) is 8.70. The Kier molecular flexibility index (Phi) is 14.0. The molecule has 0 spiro atoms. The summed E-state index contributed by atoms with van der Waals surface area (Å²) in [4.78, 5) is 17.7. The van der Waals surface area contributed by atoms with Crippen molar-refractivity contribution in [3.05, 3.63) is 82.9 Å². The smallest absolute Gasteiger partial charge is 0.162 e. The highest BCUT2D eigenvalue weighted by Gasteiger charge is 2.20. The topological polar surface area (TPSA) is 38.7 Å². The van der Waals surface area contributed by atoms with Crippen LogP contribution in [0, 0.1) is 0 Å². The van der Waals surface area contributed by atoms with Crippen molar-refractivity contribution in [2.75, 3.05) is 6.61 Å². The summed E-state index contributed by atoms with van der Waals surface area (Å²) in [6, 6.07) is 21.0. The number of nitrogens with zero attached hydrogens (tertiary/aromatic N) is 1. The third kappa shape index (κ3) is 10.8. The van der Waals surface area contributed by atoms with Crippen molar-refractivity contribution in [1.29, 1.82) is 0 Å². The summed E-state index contributed by atoms with van der Waals surface area (Å²) >= 11 is 0. The highest BCUT2D eigenvalue weighted by atomic mass is 16.5. The van der Waals surface area contributed by atoms with Gasteiger partial charge in [0.05, 0.1) is 12.3 Å². The van der Waals surface area contributed by atoms with Gasteiger partial charge in [0.1, 0.15) is 5.75 Å². The van der Waals surface area contributed by atoms with Gasteiger partial charge in [-0.05, 0) is 89.5 Å². The molecule has 0 radical (unpaired) electrons. The van der Waals surface area contributed by atoms with E-state index in [4.69, 9.17) is 9.73 Å². The van der Waals surface area contributed by atoms with Crippen molar-refractivity contribution >= 4 is 17.7 Å². The SMILES string of the molecule is CCCCCCCCCCCC(=O)c1ccc2c(c1)Cc1cc(N=Cc3ccc(OCCCCCCCC)cc3)ccc1-2. The molecular weight excluding hydrogens is 526 g/mol. The van der Waals surface area contributed by atoms with E-state index in [9.17, 15) is 4.79 Å². The molecule has 43 heavy (non-hydrogen) atoms. The molecule has 3 heteroatoms. The van der Waals surface area contributed by atoms with Crippen LogP contribution in [0.3, 0.4) is 0 Å². The molecule has 0 atom stereocenters. The van der Waals surface area contributed by atoms with Gasteiger partial charge in [0.2, 0.25) is 0 Å². The Bertz CT molecular complexity index is 1290. The number of unbranched alkanes of at least 4 members (excludes halogenated alkanes) is 13. The number of aliphatic imine (C=N–C) groups is 1. The average molecular weight is 580 g/mol. The number of ether oxygens (including phenoxy) is 1. The minimum Gasteiger partial charge on any atom is -0.494 e. The Morgan fingerprint density at radius 1 is 0.674 bits per heavy atom. The zero-order chi connectivity index (χ0) is 30.1. The van der Waals surface area contributed by atoms with Gasteiger partial charge in [-0.15, -0.1) is 0 Å². The molecule has 1 aliphatic carbocycles. The van der Waals surface area contributed by atoms with Crippen LogP contribution in [0.4, 0.5) is 5.69 Å². The van der Waals surface area contributed by atoms with Gasteiger partial charge in [-0.2, -0.15) is 0 Å². The zero-order valence-corrected chi connectivity index (χ0v) is 26.8. The molecule has 3 aromatic carbocycles. The Balaban J connectivity index is 1.21. The van der Waals surface area contributed by atoms with Crippen molar-refractivity contribution in [3.8, 4) is 16.9 Å². The molecule has 0 saturated carbocycles. The summed E-state index contributed by atoms with van der Waals surface area (Å²) in [5.74, 6) is 1.21. The summed E-state index contributed by atoms with van der Waals surface area (Å²) in [6.07, 6.45) is 22.5. The largest absolute Gasteiger partial charge is 0.494 e. The second-order valence-corrected chi connectivity index (χ2v) is 12.3. The van der Waals surface area contributed by atoms with Gasteiger partial charge < -0.3 is 4.74 Å². The summed E-state index contributed by atoms with van der Waals surface area (Å²) in [5, 5.41) is 0. The van der Waals surface area contributed by atoms with Crippen LogP contribution in [-0.4, -0.2) is 18.6 Å². The molecule has 0 heterocycles. The summed E-state index contributed by atoms with van der Waals surface area (Å²) < 4.78 is 5.92. The predicted octanol–water partition coefficient (Wildman–Crippen LogP) is 11.9. The maximum Gasteiger partial charge on any atom is 0.162 e. The van der Waals surface area contributed by atoms with E-state index in [1.807, 2.05) is 24.4 Å². The quantitative estimate of drug-likeness (QED) is 0.0559. The lowest BCUT2D eigenvalue weighted by atomic mass is 9.98. The van der Waals surface area contributed by atoms with Crippen LogP contribution in [0.1, 0.15) is 144 Å². The second-order valence-electron chi connectivity index (χ2n) is 12.3. The van der Waals surface area contributed by atoms with Gasteiger partial charge >= 0.3 is 0 Å². The van der Waals surface area contributed by atoms with Gasteiger partial charge in [0.25, 0.3) is 0 Å². The molecule has 0 N–H and O–H groups in total. The number of fused-ring (bicyclic) bond motifs is 3. The summed E-state index contributed by atoms with van der Waals surface area (Å²) in [5.41, 5.74) is 7.93. The number of hydrogen-bond acceptors (Lipinski definition) is 3. The van der Waals surface area contributed by atoms with Crippen LogP contribution in [-0.2, 0) is 6.42 Å². The molecule has 3 aromatic rings. The van der Waals surface area contributed by atoms with E-state index >= 15 is 0 Å². The zero-order valence-electron chi connectivity index (χ0n) is 26.8. The van der Waals surface area contributed by atoms with Crippen molar-refractivity contribution in [3.63, 3.8) is 0 Å². The minimum atomic E-state index is 0.283. The number of Topliss-reactive ketones (excluding diaryl/α,β-unsaturated/α-hetero) is 1. The van der Waals surface area contributed by atoms with E-state index in [0.29, 0.717) is 6.42 Å². The van der Waals surface area contributed by atoms with Crippen LogP contribution in [0.25, 0.3) is 11.1 Å². The fraction of sp³-hybridized carbons (Fsp3) is 0.500. The Morgan fingerprint density at radius 2 is 1.26 bits per heavy atom. The van der Waals surface area contributed by atoms with Gasteiger partial charge in [-0.1, -0.05) is 116 Å². The maximum absolute atomic E-state index is 12.9. The predicted molar refractivity (Wildman–Crippen MR) is 183 cm³/mol. The fourth-order valence-corrected chi connectivity index (χ4v) is 6.06. The van der Waals surface area contributed by atoms with Crippen molar-refractivity contribution in [2.45, 2.75) is 123 Å². The van der Waals surface area contributed by atoms with Crippen LogP contribution < -0.4 is 4.74 Å². The average Bonchev–Trinajstić information content (AvgIpc) is 3.40. The van der Waals surface area contributed by atoms with E-state index < -0.39 is 0 Å². The van der Waals surface area contributed by atoms with E-state index in [-0.39, 0.29) is 5.78 Å². The molecule has 1 aliphatic rings. The molecule has 0 saturated heterocycles. The lowest BCUT2D eigenvalue weighted by Gasteiger charge is -2.06. The number of carbonyl (C=O) groups is 1. The molecular formula is C40H53NO2. The lowest BCUT2D eigenvalue weighted by molar-refractivity contribution is 0.0979. The Hall–Kier alpha value is -3.20. The number of carbonyl (C=O) groups excluding carboxylic acids is 1. The van der Waals surface area contributed by atoms with Crippen molar-refractivity contribution in [1.82, 2.24) is 0 Å². The van der Waals surface area contributed by atoms with Gasteiger partial charge in [-0.3, -0.25) is 9.79 Å². The van der Waals surface area contributed by atoms with E-state index in [1.165, 1.54) is 99.3 Å². The molecule has 230 valence electrons. The number of rotatable bonds is 21. The van der Waals surface area contributed by atoms with E-state index in [0.717, 1.165) is 54.9 Å².